The molecule has 27 heavy (non-hydrogen) atoms. The van der Waals surface area contributed by atoms with Crippen molar-refractivity contribution in [2.24, 2.45) is 0 Å². The number of hydrogen-bond donors (Lipinski definition) is 3. The number of fused-ring (bicyclic) bond motifs is 1. The first-order valence-electron chi connectivity index (χ1n) is 7.78. The Balaban J connectivity index is 2.47. The molecule has 0 aliphatic rings. The van der Waals surface area contributed by atoms with E-state index in [2.05, 4.69) is 10.1 Å². The highest BCUT2D eigenvalue weighted by atomic mass is 35.5. The van der Waals surface area contributed by atoms with Crippen molar-refractivity contribution in [2.75, 3.05) is 18.1 Å². The molecular formula is C17H14ClN7O2. The number of nitrogens with one attached hydrogen (secondary N) is 1. The van der Waals surface area contributed by atoms with Crippen LogP contribution in [0.5, 0.6) is 0 Å². The number of rotatable bonds is 3. The number of esters is 1. The Morgan fingerprint density at radius 1 is 1.37 bits per heavy atom. The highest BCUT2D eigenvalue weighted by Crippen LogP contribution is 2.26. The molecule has 2 heterocycles. The smallest absolute Gasteiger partial charge is 0.361 e. The number of aromatic nitrogens is 3. The van der Waals surface area contributed by atoms with Gasteiger partial charge in [0.15, 0.2) is 11.2 Å². The molecule has 10 heteroatoms. The molecule has 5 N–H and O–H groups in total. The summed E-state index contributed by atoms with van der Waals surface area (Å²) in [5.41, 5.74) is 11.9. The lowest BCUT2D eigenvalue weighted by Gasteiger charge is -2.14. The van der Waals surface area contributed by atoms with Crippen molar-refractivity contribution in [3.05, 3.63) is 46.0 Å². The molecule has 0 amide bonds. The molecule has 0 aliphatic heterocycles. The second kappa shape index (κ2) is 6.93. The lowest BCUT2D eigenvalue weighted by atomic mass is 10.1. The number of anilines is 2. The van der Waals surface area contributed by atoms with E-state index in [1.807, 2.05) is 6.07 Å². The maximum absolute atomic E-state index is 12.4. The minimum atomic E-state index is -0.749. The number of nitrogen functional groups attached to an aromatic ring is 2. The molecule has 0 saturated heterocycles. The maximum Gasteiger partial charge on any atom is 0.361 e. The van der Waals surface area contributed by atoms with Crippen LogP contribution in [0.15, 0.2) is 24.3 Å². The fourth-order valence-corrected chi connectivity index (χ4v) is 2.69. The SMILES string of the molecule is CCOC(=O)c1nn(-c2ccc(Cl)cc2)c(=N)c2c(N)c(C#N)c(N)nc12. The van der Waals surface area contributed by atoms with Gasteiger partial charge < -0.3 is 16.2 Å². The van der Waals surface area contributed by atoms with Gasteiger partial charge in [-0.25, -0.2) is 14.5 Å². The van der Waals surface area contributed by atoms with Gasteiger partial charge >= 0.3 is 5.97 Å². The first-order chi connectivity index (χ1) is 12.9. The summed E-state index contributed by atoms with van der Waals surface area (Å²) in [5, 5.41) is 22.6. The molecule has 0 aliphatic carbocycles. The second-order valence-corrected chi connectivity index (χ2v) is 5.86. The number of nitrogens with two attached hydrogens (primary N) is 2. The van der Waals surface area contributed by atoms with E-state index in [0.717, 1.165) is 0 Å². The molecule has 0 fully saturated rings. The van der Waals surface area contributed by atoms with Crippen molar-refractivity contribution in [2.45, 2.75) is 6.92 Å². The molecule has 3 rings (SSSR count). The zero-order valence-electron chi connectivity index (χ0n) is 14.2. The summed E-state index contributed by atoms with van der Waals surface area (Å²) in [6.45, 7) is 1.77. The van der Waals surface area contributed by atoms with Gasteiger partial charge in [0.05, 0.1) is 23.4 Å². The number of ether oxygens (including phenoxy) is 1. The molecule has 0 unspecified atom stereocenters. The van der Waals surface area contributed by atoms with Crippen LogP contribution in [0.25, 0.3) is 16.6 Å². The van der Waals surface area contributed by atoms with Crippen molar-refractivity contribution in [1.29, 1.82) is 10.7 Å². The minimum Gasteiger partial charge on any atom is -0.461 e. The Kier molecular flexibility index (Phi) is 4.66. The van der Waals surface area contributed by atoms with Crippen molar-refractivity contribution in [3.8, 4) is 11.8 Å². The van der Waals surface area contributed by atoms with Gasteiger partial charge in [0.2, 0.25) is 0 Å². The van der Waals surface area contributed by atoms with Crippen LogP contribution in [0.4, 0.5) is 11.5 Å². The molecule has 3 aromatic rings. The first-order valence-corrected chi connectivity index (χ1v) is 8.16. The summed E-state index contributed by atoms with van der Waals surface area (Å²) in [7, 11) is 0. The molecular weight excluding hydrogens is 370 g/mol. The van der Waals surface area contributed by atoms with Crippen LogP contribution >= 0.6 is 11.6 Å². The molecule has 0 bridgehead atoms. The van der Waals surface area contributed by atoms with E-state index in [4.69, 9.17) is 33.2 Å². The van der Waals surface area contributed by atoms with E-state index < -0.39 is 5.97 Å². The predicted octanol–water partition coefficient (Wildman–Crippen LogP) is 1.77. The number of halogens is 1. The second-order valence-electron chi connectivity index (χ2n) is 5.43. The van der Waals surface area contributed by atoms with Gasteiger partial charge in [0.25, 0.3) is 0 Å². The lowest BCUT2D eigenvalue weighted by Crippen LogP contribution is -2.27. The monoisotopic (exact) mass is 383 g/mol. The predicted molar refractivity (Wildman–Crippen MR) is 99.2 cm³/mol. The van der Waals surface area contributed by atoms with E-state index in [1.54, 1.807) is 31.2 Å². The van der Waals surface area contributed by atoms with Gasteiger partial charge in [-0.3, -0.25) is 5.41 Å². The number of nitriles is 1. The molecule has 0 radical (unpaired) electrons. The number of benzene rings is 1. The van der Waals surface area contributed by atoms with E-state index in [9.17, 15) is 10.1 Å². The third-order valence-electron chi connectivity index (χ3n) is 3.79. The van der Waals surface area contributed by atoms with Crippen LogP contribution in [0, 0.1) is 16.7 Å². The standard InChI is InChI=1S/C17H14ClN7O2/c1-2-27-17(26)14-13-11(12(20)10(7-19)15(21)23-13)16(22)25(24-14)9-5-3-8(18)4-6-9/h3-6,22H,2H2,1H3,(H4,20,21,23). The van der Waals surface area contributed by atoms with Crippen LogP contribution in [0.3, 0.4) is 0 Å². The summed E-state index contributed by atoms with van der Waals surface area (Å²) >= 11 is 5.91. The maximum atomic E-state index is 12.4. The number of nitrogens with zero attached hydrogens (tertiary/aromatic N) is 4. The summed E-state index contributed by atoms with van der Waals surface area (Å²) in [6.07, 6.45) is 0. The van der Waals surface area contributed by atoms with E-state index >= 15 is 0 Å². The Morgan fingerprint density at radius 2 is 2.04 bits per heavy atom. The zero-order chi connectivity index (χ0) is 19.7. The summed E-state index contributed by atoms with van der Waals surface area (Å²) < 4.78 is 6.23. The minimum absolute atomic E-state index is 0.00216. The molecule has 1 aromatic carbocycles. The molecule has 9 nitrogen and oxygen atoms in total. The largest absolute Gasteiger partial charge is 0.461 e. The molecule has 0 atom stereocenters. The summed E-state index contributed by atoms with van der Waals surface area (Å²) in [4.78, 5) is 16.5. The van der Waals surface area contributed by atoms with Crippen molar-refractivity contribution in [1.82, 2.24) is 14.8 Å². The van der Waals surface area contributed by atoms with Gasteiger partial charge in [-0.15, -0.1) is 0 Å². The zero-order valence-corrected chi connectivity index (χ0v) is 14.9. The third-order valence-corrected chi connectivity index (χ3v) is 4.04. The number of pyridine rings is 1. The normalized spacial score (nSPS) is 10.6. The molecule has 136 valence electrons. The van der Waals surface area contributed by atoms with Crippen LogP contribution in [-0.4, -0.2) is 27.3 Å². The Labute approximate surface area is 158 Å². The van der Waals surface area contributed by atoms with Crippen molar-refractivity contribution in [3.63, 3.8) is 0 Å². The molecule has 0 saturated carbocycles. The lowest BCUT2D eigenvalue weighted by molar-refractivity contribution is 0.0519. The van der Waals surface area contributed by atoms with Crippen LogP contribution in [-0.2, 0) is 4.74 Å². The Hall–Kier alpha value is -3.64. The number of carbonyl (C=O) groups is 1. The third kappa shape index (κ3) is 3.02. The summed E-state index contributed by atoms with van der Waals surface area (Å²) in [6, 6.07) is 8.35. The van der Waals surface area contributed by atoms with Crippen molar-refractivity contribution < 1.29 is 9.53 Å². The molecule has 2 aromatic heterocycles. The topological polar surface area (TPSA) is 157 Å². The average molecular weight is 384 g/mol. The number of carbonyl (C=O) groups excluding carboxylic acids is 1. The Bertz CT molecular complexity index is 1160. The molecule has 0 spiro atoms. The highest BCUT2D eigenvalue weighted by molar-refractivity contribution is 6.30. The van der Waals surface area contributed by atoms with Gasteiger partial charge in [-0.1, -0.05) is 11.6 Å². The van der Waals surface area contributed by atoms with E-state index in [1.165, 1.54) is 4.68 Å². The van der Waals surface area contributed by atoms with Crippen LogP contribution < -0.4 is 17.0 Å². The average Bonchev–Trinajstić information content (AvgIpc) is 2.63. The quantitative estimate of drug-likeness (QED) is 0.581. The van der Waals surface area contributed by atoms with Gasteiger partial charge in [0, 0.05) is 5.02 Å². The van der Waals surface area contributed by atoms with Crippen molar-refractivity contribution >= 4 is 40.0 Å². The summed E-state index contributed by atoms with van der Waals surface area (Å²) in [5.74, 6) is -0.903. The first kappa shape index (κ1) is 18.2. The number of hydrogen-bond acceptors (Lipinski definition) is 8. The highest BCUT2D eigenvalue weighted by Gasteiger charge is 2.23. The van der Waals surface area contributed by atoms with Crippen LogP contribution in [0.1, 0.15) is 23.0 Å². The Morgan fingerprint density at radius 3 is 2.63 bits per heavy atom. The fourth-order valence-electron chi connectivity index (χ4n) is 2.56. The fraction of sp³-hybridized carbons (Fsp3) is 0.118. The van der Waals surface area contributed by atoms with Crippen LogP contribution in [0.2, 0.25) is 5.02 Å². The van der Waals surface area contributed by atoms with Gasteiger partial charge in [-0.2, -0.15) is 10.4 Å². The van der Waals surface area contributed by atoms with Gasteiger partial charge in [0.1, 0.15) is 23.0 Å². The van der Waals surface area contributed by atoms with E-state index in [0.29, 0.717) is 10.7 Å². The van der Waals surface area contributed by atoms with Gasteiger partial charge in [-0.05, 0) is 31.2 Å². The van der Waals surface area contributed by atoms with E-state index in [-0.39, 0.29) is 45.8 Å².